The average Bonchev–Trinajstić information content (AvgIpc) is 2.90. The first kappa shape index (κ1) is 18.1. The molecule has 0 atom stereocenters. The highest BCUT2D eigenvalue weighted by Crippen LogP contribution is 2.14. The maximum absolute atomic E-state index is 13.9. The van der Waals surface area contributed by atoms with E-state index in [1.54, 1.807) is 21.9 Å². The van der Waals surface area contributed by atoms with Gasteiger partial charge in [-0.15, -0.1) is 0 Å². The minimum absolute atomic E-state index is 0.0639. The Morgan fingerprint density at radius 2 is 1.58 bits per heavy atom. The van der Waals surface area contributed by atoms with Crippen molar-refractivity contribution in [3.63, 3.8) is 0 Å². The van der Waals surface area contributed by atoms with Gasteiger partial charge in [0.15, 0.2) is 0 Å². The van der Waals surface area contributed by atoms with Crippen LogP contribution in [0.25, 0.3) is 0 Å². The predicted octanol–water partition coefficient (Wildman–Crippen LogP) is 3.05. The number of amides is 2. The molecule has 0 unspecified atom stereocenters. The summed E-state index contributed by atoms with van der Waals surface area (Å²) in [6.07, 6.45) is 1.06. The Kier molecular flexibility index (Phi) is 5.66. The van der Waals surface area contributed by atoms with Gasteiger partial charge in [0, 0.05) is 26.2 Å². The van der Waals surface area contributed by atoms with E-state index in [2.05, 4.69) is 0 Å². The molecule has 1 aliphatic rings. The van der Waals surface area contributed by atoms with Gasteiger partial charge >= 0.3 is 0 Å². The van der Waals surface area contributed by atoms with Crippen molar-refractivity contribution in [3.8, 4) is 0 Å². The molecule has 1 aliphatic heterocycles. The summed E-state index contributed by atoms with van der Waals surface area (Å²) in [5.74, 6) is -0.751. The molecule has 26 heavy (non-hydrogen) atoms. The van der Waals surface area contributed by atoms with Gasteiger partial charge in [-0.1, -0.05) is 42.0 Å². The topological polar surface area (TPSA) is 40.6 Å². The average molecular weight is 354 g/mol. The molecule has 1 heterocycles. The molecular weight excluding hydrogens is 331 g/mol. The SMILES string of the molecule is Cc1ccc(CC(=O)N2CCCN(C(=O)c3ccccc3F)CC2)cc1. The van der Waals surface area contributed by atoms with Gasteiger partial charge in [-0.2, -0.15) is 0 Å². The van der Waals surface area contributed by atoms with E-state index in [4.69, 9.17) is 0 Å². The van der Waals surface area contributed by atoms with Crippen molar-refractivity contribution >= 4 is 11.8 Å². The number of benzene rings is 2. The van der Waals surface area contributed by atoms with Crippen LogP contribution in [-0.4, -0.2) is 47.8 Å². The number of aryl methyl sites for hydroxylation is 1. The minimum atomic E-state index is -0.506. The third-order valence-electron chi connectivity index (χ3n) is 4.72. The molecule has 0 bridgehead atoms. The highest BCUT2D eigenvalue weighted by atomic mass is 19.1. The normalized spacial score (nSPS) is 14.8. The van der Waals surface area contributed by atoms with Crippen molar-refractivity contribution in [2.45, 2.75) is 19.8 Å². The van der Waals surface area contributed by atoms with Crippen LogP contribution in [0.15, 0.2) is 48.5 Å². The van der Waals surface area contributed by atoms with Crippen LogP contribution in [0.4, 0.5) is 4.39 Å². The van der Waals surface area contributed by atoms with Crippen LogP contribution in [-0.2, 0) is 11.2 Å². The van der Waals surface area contributed by atoms with Gasteiger partial charge in [-0.05, 0) is 31.0 Å². The molecule has 3 rings (SSSR count). The van der Waals surface area contributed by atoms with E-state index in [-0.39, 0.29) is 17.4 Å². The Morgan fingerprint density at radius 1 is 0.923 bits per heavy atom. The van der Waals surface area contributed by atoms with E-state index in [9.17, 15) is 14.0 Å². The lowest BCUT2D eigenvalue weighted by atomic mass is 10.1. The highest BCUT2D eigenvalue weighted by Gasteiger charge is 2.24. The van der Waals surface area contributed by atoms with E-state index in [0.717, 1.165) is 5.56 Å². The van der Waals surface area contributed by atoms with Crippen molar-refractivity contribution in [2.24, 2.45) is 0 Å². The maximum atomic E-state index is 13.9. The first-order valence-electron chi connectivity index (χ1n) is 8.92. The zero-order valence-electron chi connectivity index (χ0n) is 15.0. The van der Waals surface area contributed by atoms with Gasteiger partial charge in [-0.3, -0.25) is 9.59 Å². The summed E-state index contributed by atoms with van der Waals surface area (Å²) in [6.45, 7) is 4.06. The molecule has 1 saturated heterocycles. The molecule has 136 valence electrons. The molecule has 0 aromatic heterocycles. The summed E-state index contributed by atoms with van der Waals surface area (Å²) < 4.78 is 13.9. The molecule has 4 nitrogen and oxygen atoms in total. The Balaban J connectivity index is 1.61. The summed E-state index contributed by atoms with van der Waals surface area (Å²) in [7, 11) is 0. The van der Waals surface area contributed by atoms with Gasteiger partial charge in [0.1, 0.15) is 5.82 Å². The first-order valence-corrected chi connectivity index (χ1v) is 8.92. The molecule has 0 aliphatic carbocycles. The van der Waals surface area contributed by atoms with Crippen LogP contribution in [0.3, 0.4) is 0 Å². The predicted molar refractivity (Wildman–Crippen MR) is 98.4 cm³/mol. The second kappa shape index (κ2) is 8.13. The zero-order chi connectivity index (χ0) is 18.5. The van der Waals surface area contributed by atoms with Crippen molar-refractivity contribution in [3.05, 3.63) is 71.0 Å². The fraction of sp³-hybridized carbons (Fsp3) is 0.333. The molecule has 0 saturated carbocycles. The zero-order valence-corrected chi connectivity index (χ0v) is 15.0. The quantitative estimate of drug-likeness (QED) is 0.850. The van der Waals surface area contributed by atoms with Gasteiger partial charge in [0.25, 0.3) is 5.91 Å². The van der Waals surface area contributed by atoms with E-state index in [1.165, 1.54) is 17.7 Å². The fourth-order valence-corrected chi connectivity index (χ4v) is 3.17. The number of halogens is 1. The molecule has 2 aromatic carbocycles. The van der Waals surface area contributed by atoms with Crippen LogP contribution in [0, 0.1) is 12.7 Å². The first-order chi connectivity index (χ1) is 12.5. The van der Waals surface area contributed by atoms with E-state index in [0.29, 0.717) is 39.0 Å². The number of nitrogens with zero attached hydrogens (tertiary/aromatic N) is 2. The second-order valence-electron chi connectivity index (χ2n) is 6.67. The number of rotatable bonds is 3. The third kappa shape index (κ3) is 4.28. The summed E-state index contributed by atoms with van der Waals surface area (Å²) in [6, 6.07) is 14.0. The van der Waals surface area contributed by atoms with Gasteiger partial charge in [0.2, 0.25) is 5.91 Å². The molecule has 2 amide bonds. The van der Waals surface area contributed by atoms with Crippen molar-refractivity contribution < 1.29 is 14.0 Å². The van der Waals surface area contributed by atoms with E-state index < -0.39 is 5.82 Å². The lowest BCUT2D eigenvalue weighted by Gasteiger charge is -2.22. The van der Waals surface area contributed by atoms with E-state index in [1.807, 2.05) is 31.2 Å². The molecule has 5 heteroatoms. The lowest BCUT2D eigenvalue weighted by molar-refractivity contribution is -0.130. The Bertz CT molecular complexity index is 789. The number of carbonyl (C=O) groups is 2. The molecule has 2 aromatic rings. The highest BCUT2D eigenvalue weighted by molar-refractivity contribution is 5.94. The number of hydrogen-bond donors (Lipinski definition) is 0. The standard InChI is InChI=1S/C21H23FN2O2/c1-16-7-9-17(10-8-16)15-20(25)23-11-4-12-24(14-13-23)21(26)18-5-2-3-6-19(18)22/h2-3,5-10H,4,11-15H2,1H3. The van der Waals surface area contributed by atoms with Crippen LogP contribution in [0.5, 0.6) is 0 Å². The monoisotopic (exact) mass is 354 g/mol. The van der Waals surface area contributed by atoms with Crippen LogP contribution < -0.4 is 0 Å². The fourth-order valence-electron chi connectivity index (χ4n) is 3.17. The Labute approximate surface area is 153 Å². The van der Waals surface area contributed by atoms with Crippen LogP contribution >= 0.6 is 0 Å². The van der Waals surface area contributed by atoms with Gasteiger partial charge < -0.3 is 9.80 Å². The second-order valence-corrected chi connectivity index (χ2v) is 6.67. The van der Waals surface area contributed by atoms with E-state index >= 15 is 0 Å². The van der Waals surface area contributed by atoms with Crippen molar-refractivity contribution in [2.75, 3.05) is 26.2 Å². The summed E-state index contributed by atoms with van der Waals surface area (Å²) in [5.41, 5.74) is 2.24. The van der Waals surface area contributed by atoms with Crippen LogP contribution in [0.2, 0.25) is 0 Å². The van der Waals surface area contributed by atoms with Crippen molar-refractivity contribution in [1.82, 2.24) is 9.80 Å². The largest absolute Gasteiger partial charge is 0.341 e. The van der Waals surface area contributed by atoms with Gasteiger partial charge in [0.05, 0.1) is 12.0 Å². The number of hydrogen-bond acceptors (Lipinski definition) is 2. The molecule has 0 radical (unpaired) electrons. The third-order valence-corrected chi connectivity index (χ3v) is 4.72. The molecule has 1 fully saturated rings. The van der Waals surface area contributed by atoms with Crippen molar-refractivity contribution in [1.29, 1.82) is 0 Å². The van der Waals surface area contributed by atoms with Gasteiger partial charge in [-0.25, -0.2) is 4.39 Å². The smallest absolute Gasteiger partial charge is 0.256 e. The Hall–Kier alpha value is -2.69. The molecule has 0 N–H and O–H groups in total. The summed E-state index contributed by atoms with van der Waals surface area (Å²) >= 11 is 0. The Morgan fingerprint density at radius 3 is 2.31 bits per heavy atom. The summed E-state index contributed by atoms with van der Waals surface area (Å²) in [5, 5.41) is 0. The minimum Gasteiger partial charge on any atom is -0.341 e. The van der Waals surface area contributed by atoms with Crippen LogP contribution in [0.1, 0.15) is 27.9 Å². The molecule has 0 spiro atoms. The number of carbonyl (C=O) groups excluding carboxylic acids is 2. The summed E-state index contributed by atoms with van der Waals surface area (Å²) in [4.78, 5) is 28.6. The maximum Gasteiger partial charge on any atom is 0.256 e. The lowest BCUT2D eigenvalue weighted by Crippen LogP contribution is -2.38. The molecular formula is C21H23FN2O2.